The largest absolute Gasteiger partial charge is 0.351 e. The molecule has 22 heavy (non-hydrogen) atoms. The summed E-state index contributed by atoms with van der Waals surface area (Å²) in [5.41, 5.74) is 1.21. The van der Waals surface area contributed by atoms with Crippen LogP contribution in [-0.2, 0) is 0 Å². The molecule has 0 aliphatic heterocycles. The van der Waals surface area contributed by atoms with E-state index in [1.54, 1.807) is 6.20 Å². The molecule has 1 aliphatic rings. The normalized spacial score (nSPS) is 14.9. The second-order valence-electron chi connectivity index (χ2n) is 5.59. The lowest BCUT2D eigenvalue weighted by molar-refractivity contribution is 0.0952. The summed E-state index contributed by atoms with van der Waals surface area (Å²) in [6.07, 6.45) is 11.0. The Hall–Kier alpha value is -1.95. The van der Waals surface area contributed by atoms with Crippen LogP contribution in [0.25, 0.3) is 4.96 Å². The average Bonchev–Trinajstić information content (AvgIpc) is 2.90. The Balaban J connectivity index is 1.68. The predicted molar refractivity (Wildman–Crippen MR) is 87.6 cm³/mol. The number of amides is 1. The van der Waals surface area contributed by atoms with E-state index in [2.05, 4.69) is 16.4 Å². The summed E-state index contributed by atoms with van der Waals surface area (Å²) in [7, 11) is 0. The smallest absolute Gasteiger partial charge is 0.271 e. The molecule has 1 N–H and O–H groups in total. The molecule has 0 saturated heterocycles. The lowest BCUT2D eigenvalue weighted by atomic mass is 9.97. The fourth-order valence-electron chi connectivity index (χ4n) is 2.71. The molecule has 0 bridgehead atoms. The maximum Gasteiger partial charge on any atom is 0.271 e. The molecule has 5 nitrogen and oxygen atoms in total. The Kier molecular flexibility index (Phi) is 4.38. The van der Waals surface area contributed by atoms with E-state index < -0.39 is 0 Å². The zero-order valence-corrected chi connectivity index (χ0v) is 13.4. The van der Waals surface area contributed by atoms with Crippen molar-refractivity contribution in [3.05, 3.63) is 44.8 Å². The van der Waals surface area contributed by atoms with Gasteiger partial charge in [-0.3, -0.25) is 14.0 Å². The molecule has 3 rings (SSSR count). The number of hydrogen-bond donors (Lipinski definition) is 1. The molecule has 0 atom stereocenters. The van der Waals surface area contributed by atoms with Crippen LogP contribution in [0.1, 0.15) is 47.3 Å². The second kappa shape index (κ2) is 6.44. The van der Waals surface area contributed by atoms with Crippen molar-refractivity contribution in [2.75, 3.05) is 6.54 Å². The van der Waals surface area contributed by atoms with Crippen molar-refractivity contribution < 1.29 is 4.79 Å². The minimum atomic E-state index is -0.341. The number of carbonyl (C=O) groups is 1. The highest BCUT2D eigenvalue weighted by atomic mass is 32.1. The topological polar surface area (TPSA) is 63.5 Å². The van der Waals surface area contributed by atoms with Gasteiger partial charge in [-0.1, -0.05) is 11.6 Å². The van der Waals surface area contributed by atoms with Crippen molar-refractivity contribution in [1.29, 1.82) is 0 Å². The quantitative estimate of drug-likeness (QED) is 0.882. The molecule has 0 fully saturated rings. The monoisotopic (exact) mass is 317 g/mol. The zero-order valence-electron chi connectivity index (χ0n) is 12.6. The van der Waals surface area contributed by atoms with Crippen LogP contribution in [-0.4, -0.2) is 21.8 Å². The number of thiazole rings is 1. The molecule has 2 aromatic rings. The molecule has 0 spiro atoms. The van der Waals surface area contributed by atoms with Crippen LogP contribution in [0, 0.1) is 6.92 Å². The van der Waals surface area contributed by atoms with Gasteiger partial charge in [0.15, 0.2) is 4.96 Å². The molecule has 1 aliphatic carbocycles. The Labute approximate surface area is 132 Å². The molecule has 6 heteroatoms. The molecule has 2 heterocycles. The van der Waals surface area contributed by atoms with Crippen molar-refractivity contribution in [3.8, 4) is 0 Å². The van der Waals surface area contributed by atoms with E-state index in [0.29, 0.717) is 11.5 Å². The van der Waals surface area contributed by atoms with Crippen LogP contribution < -0.4 is 10.9 Å². The summed E-state index contributed by atoms with van der Waals surface area (Å²) in [5, 5.41) is 2.83. The highest BCUT2D eigenvalue weighted by Crippen LogP contribution is 2.19. The van der Waals surface area contributed by atoms with Crippen LogP contribution in [0.4, 0.5) is 0 Å². The van der Waals surface area contributed by atoms with Gasteiger partial charge in [-0.2, -0.15) is 0 Å². The van der Waals surface area contributed by atoms with Gasteiger partial charge in [0.05, 0.1) is 0 Å². The van der Waals surface area contributed by atoms with Gasteiger partial charge in [0, 0.05) is 23.8 Å². The molecular formula is C16H19N3O2S. The number of aryl methyl sites for hydroxylation is 1. The van der Waals surface area contributed by atoms with E-state index in [1.165, 1.54) is 40.3 Å². The predicted octanol–water partition coefficient (Wildman–Crippen LogP) is 2.68. The van der Waals surface area contributed by atoms with Gasteiger partial charge >= 0.3 is 0 Å². The zero-order chi connectivity index (χ0) is 15.5. The van der Waals surface area contributed by atoms with Gasteiger partial charge in [0.1, 0.15) is 5.56 Å². The van der Waals surface area contributed by atoms with Crippen LogP contribution in [0.3, 0.4) is 0 Å². The number of fused-ring (bicyclic) bond motifs is 1. The van der Waals surface area contributed by atoms with Crippen molar-refractivity contribution >= 4 is 22.2 Å². The molecule has 0 saturated carbocycles. The van der Waals surface area contributed by atoms with Crippen LogP contribution in [0.5, 0.6) is 0 Å². The van der Waals surface area contributed by atoms with Gasteiger partial charge in [0.25, 0.3) is 11.5 Å². The third-order valence-corrected chi connectivity index (χ3v) is 4.80. The molecule has 1 amide bonds. The third kappa shape index (κ3) is 3.11. The van der Waals surface area contributed by atoms with Gasteiger partial charge in [0.2, 0.25) is 0 Å². The van der Waals surface area contributed by atoms with Crippen LogP contribution in [0.15, 0.2) is 28.8 Å². The molecule has 0 aromatic carbocycles. The molecule has 2 aromatic heterocycles. The third-order valence-electron chi connectivity index (χ3n) is 3.88. The SMILES string of the molecule is Cc1cn2c(=O)c(C(=O)NCCC3=CCCCC3)cnc2s1. The molecule has 0 radical (unpaired) electrons. The summed E-state index contributed by atoms with van der Waals surface area (Å²) in [6.45, 7) is 2.48. The first-order valence-corrected chi connectivity index (χ1v) is 8.41. The van der Waals surface area contributed by atoms with E-state index in [0.717, 1.165) is 24.1 Å². The molecule has 116 valence electrons. The summed E-state index contributed by atoms with van der Waals surface area (Å²) in [4.78, 5) is 30.3. The van der Waals surface area contributed by atoms with E-state index in [9.17, 15) is 9.59 Å². The minimum Gasteiger partial charge on any atom is -0.351 e. The fourth-order valence-corrected chi connectivity index (χ4v) is 3.50. The summed E-state index contributed by atoms with van der Waals surface area (Å²) in [5.74, 6) is -0.341. The van der Waals surface area contributed by atoms with E-state index >= 15 is 0 Å². The number of aromatic nitrogens is 2. The highest BCUT2D eigenvalue weighted by molar-refractivity contribution is 7.16. The minimum absolute atomic E-state index is 0.105. The Bertz CT molecular complexity index is 788. The van der Waals surface area contributed by atoms with Crippen LogP contribution >= 0.6 is 11.3 Å². The Morgan fingerprint density at radius 1 is 1.45 bits per heavy atom. The first-order chi connectivity index (χ1) is 10.6. The first kappa shape index (κ1) is 15.0. The lowest BCUT2D eigenvalue weighted by Gasteiger charge is -2.12. The van der Waals surface area contributed by atoms with Gasteiger partial charge in [-0.25, -0.2) is 4.98 Å². The van der Waals surface area contributed by atoms with E-state index in [1.807, 2.05) is 6.92 Å². The average molecular weight is 317 g/mol. The van der Waals surface area contributed by atoms with Crippen molar-refractivity contribution in [2.24, 2.45) is 0 Å². The van der Waals surface area contributed by atoms with Gasteiger partial charge in [-0.15, -0.1) is 11.3 Å². The maximum atomic E-state index is 12.3. The highest BCUT2D eigenvalue weighted by Gasteiger charge is 2.14. The summed E-state index contributed by atoms with van der Waals surface area (Å²) < 4.78 is 1.44. The number of allylic oxidation sites excluding steroid dienone is 1. The van der Waals surface area contributed by atoms with E-state index in [-0.39, 0.29) is 17.0 Å². The second-order valence-corrected chi connectivity index (χ2v) is 6.80. The number of hydrogen-bond acceptors (Lipinski definition) is 4. The fraction of sp³-hybridized carbons (Fsp3) is 0.438. The lowest BCUT2D eigenvalue weighted by Crippen LogP contribution is -2.31. The number of nitrogens with zero attached hydrogens (tertiary/aromatic N) is 2. The summed E-state index contributed by atoms with van der Waals surface area (Å²) >= 11 is 1.44. The Morgan fingerprint density at radius 2 is 2.32 bits per heavy atom. The number of carbonyl (C=O) groups excluding carboxylic acids is 1. The number of nitrogens with one attached hydrogen (secondary N) is 1. The molecular weight excluding hydrogens is 298 g/mol. The van der Waals surface area contributed by atoms with Crippen molar-refractivity contribution in [1.82, 2.24) is 14.7 Å². The van der Waals surface area contributed by atoms with Gasteiger partial charge in [-0.05, 0) is 39.0 Å². The standard InChI is InChI=1S/C16H19N3O2S/c1-11-10-19-15(21)13(9-18-16(19)22-11)14(20)17-8-7-12-5-3-2-4-6-12/h5,9-10H,2-4,6-8H2,1H3,(H,17,20). The van der Waals surface area contributed by atoms with E-state index in [4.69, 9.17) is 0 Å². The van der Waals surface area contributed by atoms with Gasteiger partial charge < -0.3 is 5.32 Å². The molecule has 0 unspecified atom stereocenters. The summed E-state index contributed by atoms with van der Waals surface area (Å²) in [6, 6.07) is 0. The first-order valence-electron chi connectivity index (χ1n) is 7.59. The Morgan fingerprint density at radius 3 is 3.09 bits per heavy atom. The van der Waals surface area contributed by atoms with Crippen molar-refractivity contribution in [2.45, 2.75) is 39.0 Å². The number of rotatable bonds is 4. The van der Waals surface area contributed by atoms with Crippen LogP contribution in [0.2, 0.25) is 0 Å². The van der Waals surface area contributed by atoms with Crippen molar-refractivity contribution in [3.63, 3.8) is 0 Å². The maximum absolute atomic E-state index is 12.3.